The van der Waals surface area contributed by atoms with Gasteiger partial charge < -0.3 is 10.1 Å². The minimum atomic E-state index is -2.45. The monoisotopic (exact) mass is 385 g/mol. The number of aryl methyl sites for hydroxylation is 1. The Morgan fingerprint density at radius 1 is 1.24 bits per heavy atom. The van der Waals surface area contributed by atoms with Crippen LogP contribution in [0, 0.1) is 6.92 Å². The highest BCUT2D eigenvalue weighted by molar-refractivity contribution is 7.99. The number of rotatable bonds is 8. The Hall–Kier alpha value is -1.79. The number of thioether (sulfide) groups is 1. The topological polar surface area (TPSA) is 38.3 Å². The van der Waals surface area contributed by atoms with Crippen LogP contribution >= 0.6 is 23.4 Å². The number of anilines is 1. The van der Waals surface area contributed by atoms with E-state index < -0.39 is 5.76 Å². The quantitative estimate of drug-likeness (QED) is 0.463. The number of halogens is 3. The van der Waals surface area contributed by atoms with Crippen LogP contribution in [0.5, 0.6) is 5.75 Å². The lowest BCUT2D eigenvalue weighted by molar-refractivity contribution is -0.116. The van der Waals surface area contributed by atoms with Crippen molar-refractivity contribution in [1.29, 1.82) is 0 Å². The van der Waals surface area contributed by atoms with Crippen molar-refractivity contribution in [2.75, 3.05) is 11.9 Å². The molecule has 0 aliphatic rings. The van der Waals surface area contributed by atoms with Crippen LogP contribution in [0.3, 0.4) is 0 Å². The summed E-state index contributed by atoms with van der Waals surface area (Å²) >= 11 is 6.36. The summed E-state index contributed by atoms with van der Waals surface area (Å²) in [5.41, 5.74) is 1.52. The molecule has 0 atom stereocenters. The summed E-state index contributed by atoms with van der Waals surface area (Å²) in [6, 6.07) is 11.7. The highest BCUT2D eigenvalue weighted by atomic mass is 35.5. The molecular formula is C18H18ClF2NO2S. The average Bonchev–Trinajstić information content (AvgIpc) is 2.54. The van der Waals surface area contributed by atoms with Crippen LogP contribution in [0.25, 0.3) is 0 Å². The van der Waals surface area contributed by atoms with Gasteiger partial charge in [0.2, 0.25) is 5.91 Å². The molecule has 0 spiro atoms. The lowest BCUT2D eigenvalue weighted by Crippen LogP contribution is -2.12. The molecule has 0 radical (unpaired) electrons. The minimum absolute atomic E-state index is 0.148. The maximum atomic E-state index is 12.2. The van der Waals surface area contributed by atoms with Crippen molar-refractivity contribution < 1.29 is 18.3 Å². The molecule has 0 saturated carbocycles. The number of carbonyl (C=O) groups excluding carboxylic acids is 1. The first-order valence-corrected chi connectivity index (χ1v) is 8.93. The summed E-state index contributed by atoms with van der Waals surface area (Å²) in [5, 5.41) is 3.39. The number of alkyl halides is 2. The van der Waals surface area contributed by atoms with E-state index in [0.717, 1.165) is 11.3 Å². The summed E-state index contributed by atoms with van der Waals surface area (Å²) in [4.78, 5) is 12.3. The maximum Gasteiger partial charge on any atom is 0.288 e. The average molecular weight is 386 g/mol. The van der Waals surface area contributed by atoms with Gasteiger partial charge in [-0.1, -0.05) is 23.4 Å². The van der Waals surface area contributed by atoms with E-state index in [1.807, 2.05) is 13.0 Å². The summed E-state index contributed by atoms with van der Waals surface area (Å²) in [7, 11) is 0. The van der Waals surface area contributed by atoms with Crippen LogP contribution in [-0.4, -0.2) is 18.3 Å². The molecule has 1 amide bonds. The lowest BCUT2D eigenvalue weighted by atomic mass is 10.2. The number of amides is 1. The molecular weight excluding hydrogens is 368 g/mol. The van der Waals surface area contributed by atoms with E-state index in [9.17, 15) is 13.6 Å². The predicted molar refractivity (Wildman–Crippen MR) is 97.9 cm³/mol. The third-order valence-electron chi connectivity index (χ3n) is 3.31. The zero-order chi connectivity index (χ0) is 18.2. The third-order valence-corrected chi connectivity index (χ3v) is 4.26. The zero-order valence-electron chi connectivity index (χ0n) is 13.6. The molecule has 0 fully saturated rings. The molecule has 0 aliphatic heterocycles. The second-order valence-corrected chi connectivity index (χ2v) is 6.81. The van der Waals surface area contributed by atoms with Gasteiger partial charge in [-0.05, 0) is 61.4 Å². The third kappa shape index (κ3) is 6.92. The van der Waals surface area contributed by atoms with E-state index in [0.29, 0.717) is 46.8 Å². The number of benzene rings is 2. The first kappa shape index (κ1) is 19.5. The maximum absolute atomic E-state index is 12.2. The Morgan fingerprint density at radius 2 is 1.96 bits per heavy atom. The molecule has 7 heteroatoms. The largest absolute Gasteiger partial charge is 0.493 e. The lowest BCUT2D eigenvalue weighted by Gasteiger charge is -2.10. The second-order valence-electron chi connectivity index (χ2n) is 5.31. The van der Waals surface area contributed by atoms with E-state index in [4.69, 9.17) is 16.3 Å². The Balaban J connectivity index is 1.71. The molecule has 3 nitrogen and oxygen atoms in total. The van der Waals surface area contributed by atoms with Crippen LogP contribution < -0.4 is 10.1 Å². The smallest absolute Gasteiger partial charge is 0.288 e. The van der Waals surface area contributed by atoms with Crippen molar-refractivity contribution >= 4 is 35.0 Å². The van der Waals surface area contributed by atoms with Crippen LogP contribution in [0.1, 0.15) is 18.4 Å². The predicted octanol–water partition coefficient (Wildman–Crippen LogP) is 5.76. The van der Waals surface area contributed by atoms with E-state index in [1.165, 1.54) is 0 Å². The van der Waals surface area contributed by atoms with Gasteiger partial charge in [-0.25, -0.2) is 0 Å². The summed E-state index contributed by atoms with van der Waals surface area (Å²) < 4.78 is 30.1. The summed E-state index contributed by atoms with van der Waals surface area (Å²) in [6.45, 7) is 2.32. The summed E-state index contributed by atoms with van der Waals surface area (Å²) in [6.07, 6.45) is 0.868. The van der Waals surface area contributed by atoms with Gasteiger partial charge in [0.05, 0.1) is 6.61 Å². The molecule has 2 rings (SSSR count). The van der Waals surface area contributed by atoms with Crippen molar-refractivity contribution in [2.45, 2.75) is 30.4 Å². The van der Waals surface area contributed by atoms with Gasteiger partial charge in [-0.15, -0.1) is 0 Å². The van der Waals surface area contributed by atoms with E-state index in [1.54, 1.807) is 36.4 Å². The molecule has 0 aromatic heterocycles. The Bertz CT molecular complexity index is 711. The fourth-order valence-corrected chi connectivity index (χ4v) is 2.86. The standard InChI is InChI=1S/C18H18ClF2NO2S/c1-12-11-13(19)4-9-16(12)24-10-2-3-17(23)22-14-5-7-15(8-6-14)25-18(20)21/h4-9,11,18H,2-3,10H2,1H3,(H,22,23). The second kappa shape index (κ2) is 9.63. The Morgan fingerprint density at radius 3 is 2.60 bits per heavy atom. The molecule has 0 aliphatic carbocycles. The number of ether oxygens (including phenoxy) is 1. The van der Waals surface area contributed by atoms with Crippen molar-refractivity contribution in [3.63, 3.8) is 0 Å². The molecule has 0 saturated heterocycles. The van der Waals surface area contributed by atoms with Crippen molar-refractivity contribution in [2.24, 2.45) is 0 Å². The van der Waals surface area contributed by atoms with Gasteiger partial charge in [-0.3, -0.25) is 4.79 Å². The van der Waals surface area contributed by atoms with Crippen molar-refractivity contribution in [3.05, 3.63) is 53.1 Å². The van der Waals surface area contributed by atoms with Crippen LogP contribution in [-0.2, 0) is 4.79 Å². The first-order valence-electron chi connectivity index (χ1n) is 7.68. The fourth-order valence-electron chi connectivity index (χ4n) is 2.13. The van der Waals surface area contributed by atoms with Gasteiger partial charge in [-0.2, -0.15) is 8.78 Å². The van der Waals surface area contributed by atoms with Crippen molar-refractivity contribution in [3.8, 4) is 5.75 Å². The Kier molecular flexibility index (Phi) is 7.52. The first-order chi connectivity index (χ1) is 11.9. The molecule has 25 heavy (non-hydrogen) atoms. The van der Waals surface area contributed by atoms with E-state index >= 15 is 0 Å². The van der Waals surface area contributed by atoms with Gasteiger partial charge in [0.15, 0.2) is 0 Å². The molecule has 2 aromatic rings. The molecule has 0 unspecified atom stereocenters. The molecule has 0 heterocycles. The number of hydrogen-bond donors (Lipinski definition) is 1. The highest BCUT2D eigenvalue weighted by Crippen LogP contribution is 2.26. The molecule has 0 bridgehead atoms. The fraction of sp³-hybridized carbons (Fsp3) is 0.278. The van der Waals surface area contributed by atoms with Crippen LogP contribution in [0.2, 0.25) is 5.02 Å². The molecule has 2 aromatic carbocycles. The Labute approximate surface area is 154 Å². The number of nitrogens with one attached hydrogen (secondary N) is 1. The van der Waals surface area contributed by atoms with Gasteiger partial charge in [0.25, 0.3) is 5.76 Å². The van der Waals surface area contributed by atoms with Crippen molar-refractivity contribution in [1.82, 2.24) is 0 Å². The highest BCUT2D eigenvalue weighted by Gasteiger charge is 2.07. The van der Waals surface area contributed by atoms with Crippen LogP contribution in [0.4, 0.5) is 14.5 Å². The number of hydrogen-bond acceptors (Lipinski definition) is 3. The van der Waals surface area contributed by atoms with Gasteiger partial charge >= 0.3 is 0 Å². The molecule has 134 valence electrons. The summed E-state index contributed by atoms with van der Waals surface area (Å²) in [5.74, 6) is -1.85. The SMILES string of the molecule is Cc1cc(Cl)ccc1OCCCC(=O)Nc1ccc(SC(F)F)cc1. The van der Waals surface area contributed by atoms with Gasteiger partial charge in [0.1, 0.15) is 5.75 Å². The normalized spacial score (nSPS) is 10.8. The minimum Gasteiger partial charge on any atom is -0.493 e. The number of carbonyl (C=O) groups is 1. The molecule has 1 N–H and O–H groups in total. The van der Waals surface area contributed by atoms with E-state index in [-0.39, 0.29) is 5.91 Å². The van der Waals surface area contributed by atoms with E-state index in [2.05, 4.69) is 5.32 Å². The van der Waals surface area contributed by atoms with Gasteiger partial charge in [0, 0.05) is 22.0 Å². The van der Waals surface area contributed by atoms with Crippen LogP contribution in [0.15, 0.2) is 47.4 Å². The zero-order valence-corrected chi connectivity index (χ0v) is 15.2.